The zero-order valence-electron chi connectivity index (χ0n) is 5.22. The molecule has 3 heteroatoms. The van der Waals surface area contributed by atoms with E-state index in [2.05, 4.69) is 20.1 Å². The van der Waals surface area contributed by atoms with E-state index < -0.39 is 0 Å². The Morgan fingerprint density at radius 3 is 2.75 bits per heavy atom. The molecule has 0 aliphatic rings. The molecule has 0 aromatic heterocycles. The van der Waals surface area contributed by atoms with Gasteiger partial charge in [0, 0.05) is 0 Å². The standard InChI is InChI=1S/C5H11BS2/c1-3-4-6-5-8(2)7/h2-5H2,1H3/q-1. The number of hydrogen-bond donors (Lipinski definition) is 0. The van der Waals surface area contributed by atoms with Crippen molar-refractivity contribution in [2.24, 2.45) is 0 Å². The van der Waals surface area contributed by atoms with Gasteiger partial charge >= 0.3 is 0 Å². The predicted molar refractivity (Wildman–Crippen MR) is 47.6 cm³/mol. The minimum atomic E-state index is -0.0393. The lowest BCUT2D eigenvalue weighted by Gasteiger charge is -1.98. The summed E-state index contributed by atoms with van der Waals surface area (Å²) in [5, 5.41) is 0. The first-order chi connectivity index (χ1) is 3.77. The van der Waals surface area contributed by atoms with Gasteiger partial charge in [-0.05, 0) is 0 Å². The van der Waals surface area contributed by atoms with Gasteiger partial charge < -0.3 is 9.04 Å². The molecule has 0 N–H and O–H groups in total. The van der Waals surface area contributed by atoms with Crippen LogP contribution >= 0.6 is 0 Å². The summed E-state index contributed by atoms with van der Waals surface area (Å²) in [6, 6.07) is 0. The Bertz CT molecular complexity index is 99.0. The third-order valence-corrected chi connectivity index (χ3v) is 1.81. The van der Waals surface area contributed by atoms with Crippen LogP contribution in [0.3, 0.4) is 0 Å². The molecule has 0 saturated carbocycles. The summed E-state index contributed by atoms with van der Waals surface area (Å²) in [4.78, 5) is 0. The van der Waals surface area contributed by atoms with Crippen molar-refractivity contribution in [2.75, 3.05) is 5.65 Å². The Balaban J connectivity index is 2.94. The van der Waals surface area contributed by atoms with Crippen LogP contribution in [0.5, 0.6) is 0 Å². The fraction of sp³-hybridized carbons (Fsp3) is 0.800. The van der Waals surface area contributed by atoms with Crippen LogP contribution in [-0.4, -0.2) is 18.8 Å². The van der Waals surface area contributed by atoms with E-state index in [9.17, 15) is 0 Å². The lowest BCUT2D eigenvalue weighted by atomic mass is 9.77. The summed E-state index contributed by atoms with van der Waals surface area (Å²) in [5.41, 5.74) is 1.02. The normalized spacial score (nSPS) is 9.75. The van der Waals surface area contributed by atoms with Gasteiger partial charge in [-0.2, -0.15) is 5.65 Å². The van der Waals surface area contributed by atoms with Gasteiger partial charge in [-0.15, -0.1) is 0 Å². The molecule has 0 amide bonds. The second-order valence-electron chi connectivity index (χ2n) is 1.68. The maximum absolute atomic E-state index is 4.88. The highest BCUT2D eigenvalue weighted by Crippen LogP contribution is 1.83. The van der Waals surface area contributed by atoms with E-state index in [0.29, 0.717) is 0 Å². The Morgan fingerprint density at radius 2 is 2.38 bits per heavy atom. The smallest absolute Gasteiger partial charge is 0.0869 e. The van der Waals surface area contributed by atoms with Crippen molar-refractivity contribution in [2.45, 2.75) is 19.7 Å². The second kappa shape index (κ2) is 5.64. The summed E-state index contributed by atoms with van der Waals surface area (Å²) in [7, 11) is 2.19. The maximum Gasteiger partial charge on any atom is 0.0869 e. The first-order valence-corrected chi connectivity index (χ1v) is 5.26. The molecule has 0 fully saturated rings. The van der Waals surface area contributed by atoms with E-state index >= 15 is 0 Å². The molecule has 47 valence electrons. The lowest BCUT2D eigenvalue weighted by Crippen LogP contribution is -1.97. The van der Waals surface area contributed by atoms with Gasteiger partial charge in [0.05, 0.1) is 7.28 Å². The Hall–Kier alpha value is 0.505. The van der Waals surface area contributed by atoms with Crippen molar-refractivity contribution < 1.29 is 0 Å². The monoisotopic (exact) mass is 146 g/mol. The van der Waals surface area contributed by atoms with Crippen molar-refractivity contribution >= 4 is 33.4 Å². The average molecular weight is 146 g/mol. The minimum Gasteiger partial charge on any atom is -0.423 e. The summed E-state index contributed by atoms with van der Waals surface area (Å²) < 4.78 is 0. The van der Waals surface area contributed by atoms with E-state index in [0.717, 1.165) is 5.65 Å². The third-order valence-electron chi connectivity index (χ3n) is 0.797. The Labute approximate surface area is 59.1 Å². The predicted octanol–water partition coefficient (Wildman–Crippen LogP) is 0.989. The quantitative estimate of drug-likeness (QED) is 0.246. The Morgan fingerprint density at radius 1 is 1.75 bits per heavy atom. The largest absolute Gasteiger partial charge is 0.423 e. The molecular weight excluding hydrogens is 135 g/mol. The molecule has 0 heterocycles. The molecule has 0 aliphatic carbocycles. The highest BCUT2D eigenvalue weighted by Gasteiger charge is 1.77. The van der Waals surface area contributed by atoms with Crippen LogP contribution in [0.2, 0.25) is 6.32 Å². The number of rotatable bonds is 4. The van der Waals surface area contributed by atoms with Crippen molar-refractivity contribution in [3.8, 4) is 0 Å². The first kappa shape index (κ1) is 8.50. The third kappa shape index (κ3) is 6.50. The second-order valence-corrected chi connectivity index (χ2v) is 4.31. The average Bonchev–Trinajstić information content (AvgIpc) is 1.66. The van der Waals surface area contributed by atoms with Crippen LogP contribution < -0.4 is 0 Å². The summed E-state index contributed by atoms with van der Waals surface area (Å²) in [6.45, 7) is 2.17. The SMILES string of the molecule is C=[S-](=S)C[B]CCC. The van der Waals surface area contributed by atoms with E-state index in [4.69, 9.17) is 11.2 Å². The van der Waals surface area contributed by atoms with Gasteiger partial charge in [0.15, 0.2) is 0 Å². The molecule has 0 spiro atoms. The molecule has 0 saturated heterocycles. The molecule has 0 aromatic rings. The molecular formula is C5H11BS2-. The number of hydrogen-bond acceptors (Lipinski definition) is 2. The molecule has 8 heavy (non-hydrogen) atoms. The molecule has 0 aromatic carbocycles. The molecule has 0 nitrogen and oxygen atoms in total. The molecule has 0 bridgehead atoms. The van der Waals surface area contributed by atoms with Crippen molar-refractivity contribution in [3.05, 3.63) is 0 Å². The molecule has 0 atom stereocenters. The van der Waals surface area contributed by atoms with Crippen molar-refractivity contribution in [1.29, 1.82) is 0 Å². The van der Waals surface area contributed by atoms with Gasteiger partial charge in [0.1, 0.15) is 0 Å². The van der Waals surface area contributed by atoms with Crippen LogP contribution in [0.4, 0.5) is 0 Å². The summed E-state index contributed by atoms with van der Waals surface area (Å²) in [6.07, 6.45) is 2.42. The summed E-state index contributed by atoms with van der Waals surface area (Å²) >= 11 is 4.88. The Kier molecular flexibility index (Phi) is 5.99. The first-order valence-electron chi connectivity index (χ1n) is 2.77. The topological polar surface area (TPSA) is 0 Å². The molecule has 0 aliphatic heterocycles. The lowest BCUT2D eigenvalue weighted by molar-refractivity contribution is 1.07. The minimum absolute atomic E-state index is 0.0393. The van der Waals surface area contributed by atoms with Crippen LogP contribution in [0, 0.1) is 0 Å². The van der Waals surface area contributed by atoms with Crippen LogP contribution in [-0.2, 0) is 20.2 Å². The molecule has 1 radical (unpaired) electrons. The van der Waals surface area contributed by atoms with E-state index in [1.807, 2.05) is 0 Å². The summed E-state index contributed by atoms with van der Waals surface area (Å²) in [5.74, 6) is 3.72. The molecule has 0 rings (SSSR count). The van der Waals surface area contributed by atoms with Crippen molar-refractivity contribution in [1.82, 2.24) is 0 Å². The molecule has 0 unspecified atom stereocenters. The van der Waals surface area contributed by atoms with E-state index in [1.54, 1.807) is 0 Å². The van der Waals surface area contributed by atoms with Gasteiger partial charge in [-0.25, -0.2) is 5.87 Å². The van der Waals surface area contributed by atoms with Crippen molar-refractivity contribution in [3.63, 3.8) is 0 Å². The van der Waals surface area contributed by atoms with Gasteiger partial charge in [0.2, 0.25) is 0 Å². The fourth-order valence-electron chi connectivity index (χ4n) is 0.419. The highest BCUT2D eigenvalue weighted by atomic mass is 32.8. The van der Waals surface area contributed by atoms with Crippen LogP contribution in [0.25, 0.3) is 0 Å². The van der Waals surface area contributed by atoms with Gasteiger partial charge in [-0.3, -0.25) is 11.2 Å². The van der Waals surface area contributed by atoms with Crippen LogP contribution in [0.1, 0.15) is 13.3 Å². The van der Waals surface area contributed by atoms with E-state index in [-0.39, 0.29) is 9.04 Å². The maximum atomic E-state index is 4.88. The van der Waals surface area contributed by atoms with Crippen LogP contribution in [0.15, 0.2) is 0 Å². The zero-order valence-corrected chi connectivity index (χ0v) is 6.86. The highest BCUT2D eigenvalue weighted by molar-refractivity contribution is 8.27. The van der Waals surface area contributed by atoms with E-state index in [1.165, 1.54) is 12.7 Å². The van der Waals surface area contributed by atoms with Gasteiger partial charge in [0.25, 0.3) is 0 Å². The fourth-order valence-corrected chi connectivity index (χ4v) is 1.14. The zero-order chi connectivity index (χ0) is 6.41. The van der Waals surface area contributed by atoms with Gasteiger partial charge in [-0.1, -0.05) is 19.7 Å².